The Morgan fingerprint density at radius 2 is 2.10 bits per heavy atom. The number of nitrogens with zero attached hydrogens (tertiary/aromatic N) is 1. The molecule has 0 fully saturated rings. The van der Waals surface area contributed by atoms with Crippen LogP contribution in [0.5, 0.6) is 0 Å². The smallest absolute Gasteiger partial charge is 0.323 e. The zero-order chi connectivity index (χ0) is 14.8. The molecule has 0 saturated heterocycles. The Balaban J connectivity index is 2.42. The third kappa shape index (κ3) is 5.72. The van der Waals surface area contributed by atoms with Gasteiger partial charge < -0.3 is 10.1 Å². The van der Waals surface area contributed by atoms with E-state index in [4.69, 9.17) is 16.3 Å². The number of aliphatic imine (C=N–C) groups is 1. The molecule has 0 spiro atoms. The van der Waals surface area contributed by atoms with E-state index < -0.39 is 0 Å². The first-order valence-electron chi connectivity index (χ1n) is 6.59. The van der Waals surface area contributed by atoms with Crippen molar-refractivity contribution in [3.8, 4) is 0 Å². The first kappa shape index (κ1) is 16.7. The van der Waals surface area contributed by atoms with Crippen molar-refractivity contribution in [3.05, 3.63) is 35.9 Å². The number of hydrogen-bond donors (Lipinski definition) is 1. The molecule has 1 atom stereocenters. The van der Waals surface area contributed by atoms with Gasteiger partial charge in [-0.1, -0.05) is 30.3 Å². The second-order valence-corrected chi connectivity index (χ2v) is 4.66. The van der Waals surface area contributed by atoms with Crippen LogP contribution in [-0.4, -0.2) is 37.7 Å². The number of halogens is 1. The number of hydrogen-bond acceptors (Lipinski definition) is 4. The highest BCUT2D eigenvalue weighted by Crippen LogP contribution is 2.06. The van der Waals surface area contributed by atoms with Crippen molar-refractivity contribution < 1.29 is 9.53 Å². The minimum atomic E-state index is -0.335. The van der Waals surface area contributed by atoms with Crippen molar-refractivity contribution in [2.75, 3.05) is 20.0 Å². The molecule has 0 amide bonds. The van der Waals surface area contributed by atoms with E-state index in [1.165, 1.54) is 0 Å². The van der Waals surface area contributed by atoms with Crippen LogP contribution in [-0.2, 0) is 16.1 Å². The number of carbonyl (C=O) groups is 1. The SMILES string of the molecule is CN=C(CCl)CCC(NC)C(=O)OCc1ccccc1. The van der Waals surface area contributed by atoms with E-state index in [9.17, 15) is 4.79 Å². The minimum absolute atomic E-state index is 0.249. The molecule has 0 radical (unpaired) electrons. The molecule has 1 aromatic carbocycles. The zero-order valence-corrected chi connectivity index (χ0v) is 12.7. The van der Waals surface area contributed by atoms with Gasteiger partial charge in [-0.15, -0.1) is 11.6 Å². The summed E-state index contributed by atoms with van der Waals surface area (Å²) in [5.41, 5.74) is 1.87. The normalized spacial score (nSPS) is 13.1. The fourth-order valence-electron chi connectivity index (χ4n) is 1.76. The molecule has 1 unspecified atom stereocenters. The number of benzene rings is 1. The van der Waals surface area contributed by atoms with E-state index in [1.807, 2.05) is 30.3 Å². The first-order valence-corrected chi connectivity index (χ1v) is 7.13. The molecule has 0 aliphatic carbocycles. The zero-order valence-electron chi connectivity index (χ0n) is 11.9. The van der Waals surface area contributed by atoms with Gasteiger partial charge in [0.2, 0.25) is 0 Å². The molecule has 0 aromatic heterocycles. The lowest BCUT2D eigenvalue weighted by Crippen LogP contribution is -2.36. The molecular weight excluding hydrogens is 276 g/mol. The highest BCUT2D eigenvalue weighted by molar-refractivity contribution is 6.28. The summed E-state index contributed by atoms with van der Waals surface area (Å²) in [5, 5.41) is 2.97. The molecule has 1 aromatic rings. The van der Waals surface area contributed by atoms with Gasteiger partial charge >= 0.3 is 5.97 Å². The third-order valence-corrected chi connectivity index (χ3v) is 3.36. The maximum atomic E-state index is 12.0. The summed E-state index contributed by atoms with van der Waals surface area (Å²) in [4.78, 5) is 16.0. The highest BCUT2D eigenvalue weighted by atomic mass is 35.5. The molecule has 0 heterocycles. The molecule has 0 aliphatic rings. The summed E-state index contributed by atoms with van der Waals surface area (Å²) in [7, 11) is 3.46. The summed E-state index contributed by atoms with van der Waals surface area (Å²) < 4.78 is 5.31. The predicted octanol–water partition coefficient (Wildman–Crippen LogP) is 2.41. The quantitative estimate of drug-likeness (QED) is 0.455. The fraction of sp³-hybridized carbons (Fsp3) is 0.467. The third-order valence-electron chi connectivity index (χ3n) is 3.05. The molecule has 110 valence electrons. The lowest BCUT2D eigenvalue weighted by molar-refractivity contribution is -0.147. The molecule has 0 aliphatic heterocycles. The number of carbonyl (C=O) groups excluding carboxylic acids is 1. The predicted molar refractivity (Wildman–Crippen MR) is 82.4 cm³/mol. The number of ether oxygens (including phenoxy) is 1. The average Bonchev–Trinajstić information content (AvgIpc) is 2.50. The van der Waals surface area contributed by atoms with E-state index in [2.05, 4.69) is 10.3 Å². The second-order valence-electron chi connectivity index (χ2n) is 4.40. The van der Waals surface area contributed by atoms with Crippen molar-refractivity contribution in [1.29, 1.82) is 0 Å². The molecule has 20 heavy (non-hydrogen) atoms. The van der Waals surface area contributed by atoms with Gasteiger partial charge in [0, 0.05) is 12.8 Å². The molecule has 1 N–H and O–H groups in total. The van der Waals surface area contributed by atoms with Gasteiger partial charge in [0.25, 0.3) is 0 Å². The Bertz CT molecular complexity index is 435. The van der Waals surface area contributed by atoms with Gasteiger partial charge in [0.15, 0.2) is 0 Å². The maximum Gasteiger partial charge on any atom is 0.323 e. The van der Waals surface area contributed by atoms with Crippen LogP contribution in [0.1, 0.15) is 18.4 Å². The highest BCUT2D eigenvalue weighted by Gasteiger charge is 2.18. The van der Waals surface area contributed by atoms with Gasteiger partial charge in [-0.3, -0.25) is 9.79 Å². The van der Waals surface area contributed by atoms with Gasteiger partial charge in [0.1, 0.15) is 12.6 Å². The van der Waals surface area contributed by atoms with Crippen molar-refractivity contribution in [1.82, 2.24) is 5.32 Å². The monoisotopic (exact) mass is 296 g/mol. The lowest BCUT2D eigenvalue weighted by atomic mass is 10.1. The summed E-state index contributed by atoms with van der Waals surface area (Å²) in [6.07, 6.45) is 1.31. The van der Waals surface area contributed by atoms with Gasteiger partial charge in [0.05, 0.1) is 5.88 Å². The van der Waals surface area contributed by atoms with Crippen LogP contribution in [0, 0.1) is 0 Å². The summed E-state index contributed by atoms with van der Waals surface area (Å²) in [6.45, 7) is 0.294. The van der Waals surface area contributed by atoms with E-state index >= 15 is 0 Å². The fourth-order valence-corrected chi connectivity index (χ4v) is 2.01. The van der Waals surface area contributed by atoms with Crippen LogP contribution in [0.25, 0.3) is 0 Å². The molecule has 5 heteroatoms. The van der Waals surface area contributed by atoms with Crippen LogP contribution < -0.4 is 5.32 Å². The van der Waals surface area contributed by atoms with Crippen LogP contribution in [0.3, 0.4) is 0 Å². The van der Waals surface area contributed by atoms with Gasteiger partial charge in [-0.05, 0) is 25.5 Å². The molecule has 4 nitrogen and oxygen atoms in total. The molecule has 1 rings (SSSR count). The molecular formula is C15H21ClN2O2. The van der Waals surface area contributed by atoms with Crippen molar-refractivity contribution in [2.45, 2.75) is 25.5 Å². The molecule has 0 saturated carbocycles. The van der Waals surface area contributed by atoms with E-state index in [0.717, 1.165) is 11.3 Å². The average molecular weight is 297 g/mol. The van der Waals surface area contributed by atoms with Crippen LogP contribution in [0.15, 0.2) is 35.3 Å². The van der Waals surface area contributed by atoms with Crippen LogP contribution in [0.4, 0.5) is 0 Å². The Morgan fingerprint density at radius 3 is 2.65 bits per heavy atom. The van der Waals surface area contributed by atoms with E-state index in [0.29, 0.717) is 25.3 Å². The second kappa shape index (κ2) is 9.50. The van der Waals surface area contributed by atoms with Gasteiger partial charge in [-0.2, -0.15) is 0 Å². The summed E-state index contributed by atoms with van der Waals surface area (Å²) in [6, 6.07) is 9.29. The number of nitrogens with one attached hydrogen (secondary N) is 1. The molecule has 0 bridgehead atoms. The number of alkyl halides is 1. The lowest BCUT2D eigenvalue weighted by Gasteiger charge is -2.15. The summed E-state index contributed by atoms with van der Waals surface area (Å²) >= 11 is 5.75. The Labute approximate surface area is 125 Å². The number of likely N-dealkylation sites (N-methyl/N-ethyl adjacent to an activating group) is 1. The summed E-state index contributed by atoms with van der Waals surface area (Å²) in [5.74, 6) is 0.146. The Morgan fingerprint density at radius 1 is 1.40 bits per heavy atom. The van der Waals surface area contributed by atoms with E-state index in [1.54, 1.807) is 14.1 Å². The number of esters is 1. The standard InChI is InChI=1S/C15H21ClN2O2/c1-17-13(10-16)8-9-14(18-2)15(19)20-11-12-6-4-3-5-7-12/h3-7,14,18H,8-11H2,1-2H3. The Hall–Kier alpha value is -1.39. The van der Waals surface area contributed by atoms with Crippen LogP contribution in [0.2, 0.25) is 0 Å². The Kier molecular flexibility index (Phi) is 7.92. The maximum absolute atomic E-state index is 12.0. The van der Waals surface area contributed by atoms with Crippen molar-refractivity contribution >= 4 is 23.3 Å². The topological polar surface area (TPSA) is 50.7 Å². The van der Waals surface area contributed by atoms with Crippen molar-refractivity contribution in [2.24, 2.45) is 4.99 Å². The van der Waals surface area contributed by atoms with Gasteiger partial charge in [-0.25, -0.2) is 0 Å². The minimum Gasteiger partial charge on any atom is -0.460 e. The largest absolute Gasteiger partial charge is 0.460 e. The van der Waals surface area contributed by atoms with Crippen molar-refractivity contribution in [3.63, 3.8) is 0 Å². The van der Waals surface area contributed by atoms with E-state index in [-0.39, 0.29) is 12.0 Å². The number of rotatable bonds is 8. The van der Waals surface area contributed by atoms with Crippen LogP contribution >= 0.6 is 11.6 Å². The first-order chi connectivity index (χ1) is 9.71.